The summed E-state index contributed by atoms with van der Waals surface area (Å²) < 4.78 is 11.9. The molecule has 0 aromatic heterocycles. The standard InChI is InChI=1S/C17H21N3O2/c1-20-8-7-17-6-5-12(19-18)9-14(17)22-16-13(21-2)4-3-11(10-20)15(16)17/h3-6,14H,7-10,18H2,1-2H3/b19-12+. The number of hydrogen-bond acceptors (Lipinski definition) is 5. The number of hydrogen-bond donors (Lipinski definition) is 1. The van der Waals surface area contributed by atoms with E-state index in [1.165, 1.54) is 11.1 Å². The van der Waals surface area contributed by atoms with Crippen molar-refractivity contribution in [1.82, 2.24) is 4.90 Å². The number of hydrazone groups is 1. The molecule has 2 atom stereocenters. The van der Waals surface area contributed by atoms with Gasteiger partial charge in [0.25, 0.3) is 0 Å². The van der Waals surface area contributed by atoms with E-state index in [4.69, 9.17) is 15.3 Å². The summed E-state index contributed by atoms with van der Waals surface area (Å²) in [6.45, 7) is 1.98. The maximum atomic E-state index is 6.34. The predicted molar refractivity (Wildman–Crippen MR) is 85.4 cm³/mol. The monoisotopic (exact) mass is 299 g/mol. The fraction of sp³-hybridized carbons (Fsp3) is 0.471. The molecular weight excluding hydrogens is 278 g/mol. The highest BCUT2D eigenvalue weighted by Crippen LogP contribution is 2.55. The van der Waals surface area contributed by atoms with E-state index in [9.17, 15) is 0 Å². The molecule has 0 saturated heterocycles. The lowest BCUT2D eigenvalue weighted by molar-refractivity contribution is 0.158. The zero-order chi connectivity index (χ0) is 15.3. The molecule has 1 aromatic rings. The number of nitrogens with two attached hydrogens (primary N) is 1. The highest BCUT2D eigenvalue weighted by molar-refractivity contribution is 5.97. The van der Waals surface area contributed by atoms with Crippen molar-refractivity contribution in [2.45, 2.75) is 30.9 Å². The van der Waals surface area contributed by atoms with Gasteiger partial charge in [-0.1, -0.05) is 12.1 Å². The van der Waals surface area contributed by atoms with Gasteiger partial charge in [0.2, 0.25) is 0 Å². The first-order valence-corrected chi connectivity index (χ1v) is 7.69. The van der Waals surface area contributed by atoms with Crippen molar-refractivity contribution < 1.29 is 9.47 Å². The molecule has 4 rings (SSSR count). The van der Waals surface area contributed by atoms with Crippen LogP contribution in [0.2, 0.25) is 0 Å². The normalized spacial score (nSPS) is 31.4. The molecule has 1 aliphatic carbocycles. The molecule has 1 aromatic carbocycles. The molecule has 0 radical (unpaired) electrons. The first-order chi connectivity index (χ1) is 10.7. The smallest absolute Gasteiger partial charge is 0.166 e. The molecule has 2 unspecified atom stereocenters. The first kappa shape index (κ1) is 13.6. The van der Waals surface area contributed by atoms with Crippen LogP contribution in [0, 0.1) is 0 Å². The molecule has 116 valence electrons. The maximum absolute atomic E-state index is 6.34. The summed E-state index contributed by atoms with van der Waals surface area (Å²) in [6, 6.07) is 4.19. The van der Waals surface area contributed by atoms with Crippen LogP contribution in [0.5, 0.6) is 11.5 Å². The number of methoxy groups -OCH3 is 1. The molecule has 2 heterocycles. The Kier molecular flexibility index (Phi) is 2.94. The van der Waals surface area contributed by atoms with Gasteiger partial charge in [0.15, 0.2) is 11.5 Å². The Labute approximate surface area is 130 Å². The molecule has 0 amide bonds. The molecule has 3 aliphatic rings. The maximum Gasteiger partial charge on any atom is 0.166 e. The van der Waals surface area contributed by atoms with Crippen LogP contribution in [-0.4, -0.2) is 37.4 Å². The van der Waals surface area contributed by atoms with Gasteiger partial charge in [-0.3, -0.25) is 0 Å². The second-order valence-electron chi connectivity index (χ2n) is 6.42. The van der Waals surface area contributed by atoms with Crippen molar-refractivity contribution in [3.05, 3.63) is 35.4 Å². The van der Waals surface area contributed by atoms with Crippen LogP contribution in [0.4, 0.5) is 0 Å². The van der Waals surface area contributed by atoms with Crippen LogP contribution in [0.3, 0.4) is 0 Å². The van der Waals surface area contributed by atoms with Crippen molar-refractivity contribution in [3.8, 4) is 11.5 Å². The van der Waals surface area contributed by atoms with Crippen molar-refractivity contribution >= 4 is 5.71 Å². The Morgan fingerprint density at radius 3 is 3.09 bits per heavy atom. The summed E-state index contributed by atoms with van der Waals surface area (Å²) in [4.78, 5) is 2.37. The van der Waals surface area contributed by atoms with E-state index in [1.54, 1.807) is 7.11 Å². The largest absolute Gasteiger partial charge is 0.493 e. The lowest BCUT2D eigenvalue weighted by Gasteiger charge is -2.34. The Bertz CT molecular complexity index is 683. The highest BCUT2D eigenvalue weighted by Gasteiger charge is 2.52. The first-order valence-electron chi connectivity index (χ1n) is 7.69. The third kappa shape index (κ3) is 1.72. The van der Waals surface area contributed by atoms with Crippen molar-refractivity contribution in [2.75, 3.05) is 20.7 Å². The van der Waals surface area contributed by atoms with Crippen molar-refractivity contribution in [3.63, 3.8) is 0 Å². The lowest BCUT2D eigenvalue weighted by atomic mass is 9.69. The second-order valence-corrected chi connectivity index (χ2v) is 6.42. The van der Waals surface area contributed by atoms with Gasteiger partial charge in [-0.15, -0.1) is 0 Å². The van der Waals surface area contributed by atoms with Crippen LogP contribution in [-0.2, 0) is 12.0 Å². The van der Waals surface area contributed by atoms with E-state index in [0.29, 0.717) is 0 Å². The summed E-state index contributed by atoms with van der Waals surface area (Å²) in [5.74, 6) is 7.20. The molecule has 1 spiro atoms. The van der Waals surface area contributed by atoms with Crippen LogP contribution in [0.25, 0.3) is 0 Å². The molecule has 5 nitrogen and oxygen atoms in total. The summed E-state index contributed by atoms with van der Waals surface area (Å²) in [5.41, 5.74) is 3.43. The molecule has 2 N–H and O–H groups in total. The van der Waals surface area contributed by atoms with Gasteiger partial charge in [-0.25, -0.2) is 0 Å². The van der Waals surface area contributed by atoms with Crippen LogP contribution in [0.1, 0.15) is 24.0 Å². The number of nitrogens with zero attached hydrogens (tertiary/aromatic N) is 2. The van der Waals surface area contributed by atoms with Crippen LogP contribution in [0.15, 0.2) is 29.4 Å². The van der Waals surface area contributed by atoms with Gasteiger partial charge in [-0.05, 0) is 37.7 Å². The van der Waals surface area contributed by atoms with Gasteiger partial charge in [-0.2, -0.15) is 5.10 Å². The van der Waals surface area contributed by atoms with Crippen LogP contribution >= 0.6 is 0 Å². The minimum Gasteiger partial charge on any atom is -0.493 e. The lowest BCUT2D eigenvalue weighted by Crippen LogP contribution is -2.42. The van der Waals surface area contributed by atoms with E-state index in [0.717, 1.165) is 43.1 Å². The Morgan fingerprint density at radius 1 is 1.45 bits per heavy atom. The average Bonchev–Trinajstić information content (AvgIpc) is 2.80. The molecule has 0 saturated carbocycles. The minimum atomic E-state index is -0.0852. The van der Waals surface area contributed by atoms with Gasteiger partial charge in [0.1, 0.15) is 6.10 Å². The summed E-state index contributed by atoms with van der Waals surface area (Å²) >= 11 is 0. The minimum absolute atomic E-state index is 0.0522. The molecule has 5 heteroatoms. The number of rotatable bonds is 1. The van der Waals surface area contributed by atoms with E-state index in [2.05, 4.69) is 35.3 Å². The molecule has 22 heavy (non-hydrogen) atoms. The molecular formula is C17H21N3O2. The number of allylic oxidation sites excluding steroid dienone is 1. The predicted octanol–water partition coefficient (Wildman–Crippen LogP) is 1.80. The Hall–Kier alpha value is -2.01. The van der Waals surface area contributed by atoms with E-state index in [1.807, 2.05) is 6.07 Å². The Balaban J connectivity index is 1.95. The van der Waals surface area contributed by atoms with Gasteiger partial charge in [0.05, 0.1) is 18.2 Å². The molecule has 0 bridgehead atoms. The SMILES string of the molecule is COc1ccc2c3c1OC1C/C(=N/N)C=CC31CCN(C)C2. The quantitative estimate of drug-likeness (QED) is 0.634. The third-order valence-electron chi connectivity index (χ3n) is 5.21. The molecule has 0 fully saturated rings. The number of ether oxygens (including phenoxy) is 2. The van der Waals surface area contributed by atoms with Crippen molar-refractivity contribution in [1.29, 1.82) is 0 Å². The number of benzene rings is 1. The Morgan fingerprint density at radius 2 is 2.32 bits per heavy atom. The fourth-order valence-corrected chi connectivity index (χ4v) is 4.06. The van der Waals surface area contributed by atoms with Gasteiger partial charge < -0.3 is 20.2 Å². The molecule has 2 aliphatic heterocycles. The van der Waals surface area contributed by atoms with E-state index < -0.39 is 0 Å². The fourth-order valence-electron chi connectivity index (χ4n) is 4.06. The van der Waals surface area contributed by atoms with Gasteiger partial charge in [0, 0.05) is 18.5 Å². The zero-order valence-corrected chi connectivity index (χ0v) is 13.0. The topological polar surface area (TPSA) is 60.1 Å². The summed E-state index contributed by atoms with van der Waals surface area (Å²) in [5, 5.41) is 3.87. The third-order valence-corrected chi connectivity index (χ3v) is 5.21. The van der Waals surface area contributed by atoms with E-state index >= 15 is 0 Å². The zero-order valence-electron chi connectivity index (χ0n) is 13.0. The second kappa shape index (κ2) is 4.74. The summed E-state index contributed by atoms with van der Waals surface area (Å²) in [6.07, 6.45) is 6.14. The van der Waals surface area contributed by atoms with Crippen LogP contribution < -0.4 is 15.3 Å². The highest BCUT2D eigenvalue weighted by atomic mass is 16.5. The van der Waals surface area contributed by atoms with E-state index in [-0.39, 0.29) is 11.5 Å². The van der Waals surface area contributed by atoms with Crippen molar-refractivity contribution in [2.24, 2.45) is 10.9 Å². The summed E-state index contributed by atoms with van der Waals surface area (Å²) in [7, 11) is 3.87. The van der Waals surface area contributed by atoms with Gasteiger partial charge >= 0.3 is 0 Å². The average molecular weight is 299 g/mol.